The zero-order valence-electron chi connectivity index (χ0n) is 80.6. The van der Waals surface area contributed by atoms with Crippen molar-refractivity contribution in [3.8, 4) is 0 Å². The van der Waals surface area contributed by atoms with Gasteiger partial charge in [0, 0.05) is 119 Å². The quantitative estimate of drug-likeness (QED) is 0.0253. The number of ether oxygens (including phenoxy) is 2. The van der Waals surface area contributed by atoms with Gasteiger partial charge in [-0.2, -0.15) is 0 Å². The molecule has 0 aromatic rings. The van der Waals surface area contributed by atoms with Crippen molar-refractivity contribution in [2.75, 3.05) is 85.3 Å². The monoisotopic (exact) mass is 1790 g/mol. The molecule has 32 nitrogen and oxygen atoms in total. The largest absolute Gasteiger partial charge is 0.378 e. The maximum absolute atomic E-state index is 14.8. The Bertz CT molecular complexity index is 3200. The Kier molecular flexibility index (Phi) is 63.8. The van der Waals surface area contributed by atoms with E-state index >= 15 is 0 Å². The van der Waals surface area contributed by atoms with Crippen molar-refractivity contribution in [3.63, 3.8) is 0 Å². The molecule has 0 radical (unpaired) electrons. The SMILES string of the molecule is CCC(C)(CC)COCCOCCNC(=O)C(CCCCNC(=O)C(CCCCNC(=O)C(CCCCN)NC(=O)CCCCC(=O)C(C)(C)C)NC(=O)C(CCCCN)NC(=O)CCCCC(=O)C(C)(C)C)NC(=O)C(CCCCNC(=O)C(N)CCCCNC(=O)CCCCC(=O)C(C)(C)C)CNC(=O)C(N)CCCCNC(=O)CCCCC(=O)C(C)(C)C. The van der Waals surface area contributed by atoms with Gasteiger partial charge < -0.3 is 90.9 Å². The highest BCUT2D eigenvalue weighted by molar-refractivity contribution is 5.93. The second kappa shape index (κ2) is 67.8. The van der Waals surface area contributed by atoms with E-state index in [0.29, 0.717) is 213 Å². The van der Waals surface area contributed by atoms with Crippen LogP contribution < -0.4 is 81.4 Å². The van der Waals surface area contributed by atoms with E-state index < -0.39 is 105 Å². The number of ketones is 4. The third-order valence-corrected chi connectivity index (χ3v) is 22.9. The minimum atomic E-state index is -1.13. The lowest BCUT2D eigenvalue weighted by Crippen LogP contribution is -2.54. The lowest BCUT2D eigenvalue weighted by Gasteiger charge is -2.26. The molecule has 728 valence electrons. The van der Waals surface area contributed by atoms with Crippen molar-refractivity contribution in [3.05, 3.63) is 0 Å². The summed E-state index contributed by atoms with van der Waals surface area (Å²) in [6, 6.07) is -5.91. The third-order valence-electron chi connectivity index (χ3n) is 22.9. The fourth-order valence-corrected chi connectivity index (χ4v) is 13.3. The summed E-state index contributed by atoms with van der Waals surface area (Å²) < 4.78 is 11.8. The van der Waals surface area contributed by atoms with Crippen LogP contribution >= 0.6 is 0 Å². The molecule has 19 N–H and O–H groups in total. The number of carbonyl (C=O) groups is 15. The first-order valence-corrected chi connectivity index (χ1v) is 47.7. The molecule has 0 aliphatic carbocycles. The molecule has 0 rings (SSSR count). The van der Waals surface area contributed by atoms with Crippen LogP contribution in [0.2, 0.25) is 0 Å². The van der Waals surface area contributed by atoms with E-state index in [1.54, 1.807) is 0 Å². The first-order chi connectivity index (χ1) is 59.3. The molecule has 32 heteroatoms. The predicted octanol–water partition coefficient (Wildman–Crippen LogP) is 8.68. The number of hydrogen-bond acceptors (Lipinski definition) is 21. The fourth-order valence-electron chi connectivity index (χ4n) is 13.3. The van der Waals surface area contributed by atoms with Gasteiger partial charge in [-0.3, -0.25) is 71.9 Å². The number of nitrogens with two attached hydrogens (primary N) is 4. The van der Waals surface area contributed by atoms with Gasteiger partial charge in [0.05, 0.1) is 44.4 Å². The van der Waals surface area contributed by atoms with Crippen molar-refractivity contribution in [1.29, 1.82) is 0 Å². The number of rotatable bonds is 76. The Morgan fingerprint density at radius 1 is 0.270 bits per heavy atom. The highest BCUT2D eigenvalue weighted by Crippen LogP contribution is 2.26. The van der Waals surface area contributed by atoms with E-state index in [1.165, 1.54) is 0 Å². The van der Waals surface area contributed by atoms with E-state index in [-0.39, 0.29) is 162 Å². The molecule has 7 unspecified atom stereocenters. The Hall–Kier alpha value is -7.39. The van der Waals surface area contributed by atoms with Gasteiger partial charge in [-0.15, -0.1) is 0 Å². The van der Waals surface area contributed by atoms with Gasteiger partial charge in [-0.05, 0) is 211 Å². The van der Waals surface area contributed by atoms with E-state index in [9.17, 15) is 71.9 Å². The number of unbranched alkanes of at least 4 members (excludes halogenated alkanes) is 11. The van der Waals surface area contributed by atoms with E-state index in [4.69, 9.17) is 32.4 Å². The molecule has 0 aliphatic rings. The number of hydrogen-bond donors (Lipinski definition) is 15. The Labute approximate surface area is 756 Å². The summed E-state index contributed by atoms with van der Waals surface area (Å²) >= 11 is 0. The molecule has 0 saturated heterocycles. The lowest BCUT2D eigenvalue weighted by molar-refractivity contribution is -0.132. The van der Waals surface area contributed by atoms with Crippen LogP contribution in [0, 0.1) is 33.0 Å². The topological polar surface area (TPSA) is 511 Å². The molecule has 0 aromatic carbocycles. The first kappa shape index (κ1) is 119. The van der Waals surface area contributed by atoms with E-state index in [1.807, 2.05) is 83.1 Å². The van der Waals surface area contributed by atoms with Crippen LogP contribution in [-0.2, 0) is 81.4 Å². The number of carbonyl (C=O) groups excluding carboxylic acids is 15. The Balaban J connectivity index is 6.92. The molecule has 0 saturated carbocycles. The average Bonchev–Trinajstić information content (AvgIpc) is 0.878. The first-order valence-electron chi connectivity index (χ1n) is 47.7. The predicted molar refractivity (Wildman–Crippen MR) is 495 cm³/mol. The standard InChI is InChI=1S/C94H175N15O17/c1-16-94(15,17-2)67-126-65-64-125-63-62-104-88(123)72(108-83(118)68(66-105-85(120)70(98)42-30-37-58-100-80(115)52-23-19-48-76(111)91(6,7)8)40-28-35-59-101-84(119)69(97)41-29-36-57-99-79(114)51-22-18-47-75(110)90(3,4)5)45-31-38-61-103-87(122)73(109-89(124)74(44-27-34-56-96)107-82(117)54-25-21-50-78(113)93(12,13)14)46-32-39-60-102-86(121)71(43-26-33-55-95)106-81(116)53-24-20-49-77(112)92(9,10)11/h68-74H,16-67,95-98H2,1-15H3,(H,99,114)(H,100,115)(H,101,119)(H,102,121)(H,103,122)(H,104,123)(H,105,120)(H,106,116)(H,107,117)(H,108,118)(H,109,124). The van der Waals surface area contributed by atoms with Crippen molar-refractivity contribution < 1.29 is 81.4 Å². The molecular formula is C94H175N15O17. The van der Waals surface area contributed by atoms with Gasteiger partial charge in [0.1, 0.15) is 47.3 Å². The average molecular weight is 1790 g/mol. The highest BCUT2D eigenvalue weighted by Gasteiger charge is 2.32. The van der Waals surface area contributed by atoms with Gasteiger partial charge in [-0.25, -0.2) is 0 Å². The lowest BCUT2D eigenvalue weighted by atomic mass is 9.86. The molecule has 0 aromatic heterocycles. The van der Waals surface area contributed by atoms with Crippen LogP contribution in [0.3, 0.4) is 0 Å². The van der Waals surface area contributed by atoms with E-state index in [2.05, 4.69) is 79.3 Å². The van der Waals surface area contributed by atoms with Crippen LogP contribution in [0.1, 0.15) is 354 Å². The zero-order chi connectivity index (χ0) is 95.2. The van der Waals surface area contributed by atoms with Gasteiger partial charge in [0.25, 0.3) is 0 Å². The molecule has 0 bridgehead atoms. The molecule has 0 heterocycles. The highest BCUT2D eigenvalue weighted by atomic mass is 16.5. The Morgan fingerprint density at radius 3 is 0.921 bits per heavy atom. The molecule has 0 spiro atoms. The number of nitrogens with one attached hydrogen (secondary N) is 11. The molecule has 126 heavy (non-hydrogen) atoms. The van der Waals surface area contributed by atoms with Gasteiger partial charge in [0.2, 0.25) is 65.0 Å². The second-order valence-electron chi connectivity index (χ2n) is 38.6. The Morgan fingerprint density at radius 2 is 0.556 bits per heavy atom. The summed E-state index contributed by atoms with van der Waals surface area (Å²) in [7, 11) is 0. The summed E-state index contributed by atoms with van der Waals surface area (Å²) in [6.45, 7) is 32.0. The molecule has 0 fully saturated rings. The van der Waals surface area contributed by atoms with Gasteiger partial charge in [0.15, 0.2) is 0 Å². The summed E-state index contributed by atoms with van der Waals surface area (Å²) in [5.74, 6) is -4.83. The maximum atomic E-state index is 14.8. The van der Waals surface area contributed by atoms with E-state index in [0.717, 1.165) is 12.8 Å². The van der Waals surface area contributed by atoms with Gasteiger partial charge in [-0.1, -0.05) is 110 Å². The summed E-state index contributed by atoms with van der Waals surface area (Å²) in [6.07, 6.45) is 16.7. The van der Waals surface area contributed by atoms with Crippen molar-refractivity contribution in [2.45, 2.75) is 391 Å². The normalized spacial score (nSPS) is 13.6. The van der Waals surface area contributed by atoms with Crippen LogP contribution in [0.25, 0.3) is 0 Å². The number of Topliss-reactive ketones (excluding diaryl/α,β-unsaturated/α-hetero) is 4. The van der Waals surface area contributed by atoms with Crippen LogP contribution in [0.4, 0.5) is 0 Å². The molecule has 11 amide bonds. The molecule has 0 aliphatic heterocycles. The van der Waals surface area contributed by atoms with Crippen molar-refractivity contribution in [2.24, 2.45) is 55.9 Å². The van der Waals surface area contributed by atoms with Crippen LogP contribution in [0.5, 0.6) is 0 Å². The van der Waals surface area contributed by atoms with Crippen LogP contribution in [-0.4, -0.2) is 210 Å². The summed E-state index contributed by atoms with van der Waals surface area (Å²) in [5, 5.41) is 31.9. The number of amides is 11. The second-order valence-corrected chi connectivity index (χ2v) is 38.6. The third kappa shape index (κ3) is 59.7. The summed E-state index contributed by atoms with van der Waals surface area (Å²) in [4.78, 5) is 200. The molecular weight excluding hydrogens is 1610 g/mol. The summed E-state index contributed by atoms with van der Waals surface area (Å²) in [5.41, 5.74) is 22.5. The van der Waals surface area contributed by atoms with Crippen molar-refractivity contribution >= 4 is 88.1 Å². The zero-order valence-corrected chi connectivity index (χ0v) is 80.6. The fraction of sp³-hybridized carbons (Fsp3) is 0.840. The van der Waals surface area contributed by atoms with Crippen molar-refractivity contribution in [1.82, 2.24) is 58.5 Å². The molecule has 7 atom stereocenters. The minimum Gasteiger partial charge on any atom is -0.378 e. The smallest absolute Gasteiger partial charge is 0.243 e. The maximum Gasteiger partial charge on any atom is 0.243 e. The van der Waals surface area contributed by atoms with Crippen LogP contribution in [0.15, 0.2) is 0 Å². The van der Waals surface area contributed by atoms with Gasteiger partial charge >= 0.3 is 0 Å². The minimum absolute atomic E-state index is 0.0305.